The van der Waals surface area contributed by atoms with E-state index in [2.05, 4.69) is 5.10 Å². The SMILES string of the molecule is Cc1nn([C@H]2CCS(=O)(=O)C2)c(C)c1CN(C)Cn1c(=O)oc2ccccc21. The van der Waals surface area contributed by atoms with Gasteiger partial charge in [0.25, 0.3) is 0 Å². The molecule has 3 heterocycles. The van der Waals surface area contributed by atoms with Crippen LogP contribution in [0.25, 0.3) is 11.1 Å². The number of aryl methyl sites for hydroxylation is 1. The van der Waals surface area contributed by atoms with Gasteiger partial charge in [0.2, 0.25) is 0 Å². The van der Waals surface area contributed by atoms with E-state index in [9.17, 15) is 13.2 Å². The summed E-state index contributed by atoms with van der Waals surface area (Å²) in [5.74, 6) is -0.00380. The first-order valence-electron chi connectivity index (χ1n) is 9.27. The van der Waals surface area contributed by atoms with E-state index < -0.39 is 9.84 Å². The Labute approximate surface area is 163 Å². The van der Waals surface area contributed by atoms with Crippen molar-refractivity contribution in [3.63, 3.8) is 0 Å². The molecule has 0 amide bonds. The van der Waals surface area contributed by atoms with Gasteiger partial charge < -0.3 is 4.42 Å². The molecule has 1 aliphatic rings. The van der Waals surface area contributed by atoms with Gasteiger partial charge >= 0.3 is 5.76 Å². The normalized spacial score (nSPS) is 19.1. The Kier molecular flexibility index (Phi) is 4.67. The Hall–Kier alpha value is -2.39. The van der Waals surface area contributed by atoms with E-state index in [0.29, 0.717) is 25.2 Å². The van der Waals surface area contributed by atoms with Crippen molar-refractivity contribution < 1.29 is 12.8 Å². The maximum Gasteiger partial charge on any atom is 0.421 e. The third-order valence-electron chi connectivity index (χ3n) is 5.41. The lowest BCUT2D eigenvalue weighted by atomic mass is 10.2. The van der Waals surface area contributed by atoms with Crippen LogP contribution in [0.1, 0.15) is 29.4 Å². The highest BCUT2D eigenvalue weighted by Crippen LogP contribution is 2.27. The first kappa shape index (κ1) is 18.9. The van der Waals surface area contributed by atoms with Crippen LogP contribution in [0, 0.1) is 13.8 Å². The van der Waals surface area contributed by atoms with Gasteiger partial charge in [0.1, 0.15) is 0 Å². The number of aromatic nitrogens is 3. The number of sulfone groups is 1. The summed E-state index contributed by atoms with van der Waals surface area (Å²) >= 11 is 0. The Morgan fingerprint density at radius 3 is 2.75 bits per heavy atom. The molecule has 1 atom stereocenters. The molecule has 150 valence electrons. The molecule has 1 aromatic carbocycles. The summed E-state index contributed by atoms with van der Waals surface area (Å²) in [5.41, 5.74) is 4.27. The van der Waals surface area contributed by atoms with Gasteiger partial charge in [-0.2, -0.15) is 5.10 Å². The average Bonchev–Trinajstić information content (AvgIpc) is 3.24. The van der Waals surface area contributed by atoms with Crippen LogP contribution in [0.15, 0.2) is 33.5 Å². The van der Waals surface area contributed by atoms with E-state index in [0.717, 1.165) is 22.5 Å². The Morgan fingerprint density at radius 2 is 2.04 bits per heavy atom. The minimum atomic E-state index is -2.97. The maximum absolute atomic E-state index is 12.2. The molecule has 0 aliphatic carbocycles. The van der Waals surface area contributed by atoms with Gasteiger partial charge in [-0.1, -0.05) is 12.1 Å². The number of nitrogens with zero attached hydrogens (tertiary/aromatic N) is 4. The molecule has 1 saturated heterocycles. The number of fused-ring (bicyclic) bond motifs is 1. The van der Waals surface area contributed by atoms with Crippen molar-refractivity contribution in [1.82, 2.24) is 19.2 Å². The minimum Gasteiger partial charge on any atom is -0.408 e. The van der Waals surface area contributed by atoms with Gasteiger partial charge in [0.05, 0.1) is 35.4 Å². The fourth-order valence-electron chi connectivity index (χ4n) is 3.96. The Morgan fingerprint density at radius 1 is 1.29 bits per heavy atom. The quantitative estimate of drug-likeness (QED) is 0.645. The zero-order valence-corrected chi connectivity index (χ0v) is 17.1. The summed E-state index contributed by atoms with van der Waals surface area (Å²) in [7, 11) is -1.03. The van der Waals surface area contributed by atoms with Crippen molar-refractivity contribution in [1.29, 1.82) is 0 Å². The van der Waals surface area contributed by atoms with Gasteiger partial charge in [0, 0.05) is 17.8 Å². The molecule has 0 spiro atoms. The third kappa shape index (κ3) is 3.40. The number of hydrogen-bond donors (Lipinski definition) is 0. The van der Waals surface area contributed by atoms with E-state index in [1.165, 1.54) is 0 Å². The third-order valence-corrected chi connectivity index (χ3v) is 7.16. The molecule has 0 radical (unpaired) electrons. The van der Waals surface area contributed by atoms with Crippen molar-refractivity contribution in [3.05, 3.63) is 51.8 Å². The summed E-state index contributed by atoms with van der Waals surface area (Å²) < 4.78 is 32.4. The lowest BCUT2D eigenvalue weighted by molar-refractivity contribution is 0.252. The van der Waals surface area contributed by atoms with E-state index >= 15 is 0 Å². The molecule has 0 N–H and O–H groups in total. The second kappa shape index (κ2) is 6.89. The van der Waals surface area contributed by atoms with Crippen LogP contribution >= 0.6 is 0 Å². The van der Waals surface area contributed by atoms with E-state index in [1.54, 1.807) is 10.6 Å². The summed E-state index contributed by atoms with van der Waals surface area (Å²) in [6.45, 7) is 4.91. The Bertz CT molecular complexity index is 1190. The second-order valence-electron chi connectivity index (χ2n) is 7.57. The highest BCUT2D eigenvalue weighted by Gasteiger charge is 2.31. The van der Waals surface area contributed by atoms with Gasteiger partial charge in [-0.05, 0) is 39.4 Å². The largest absolute Gasteiger partial charge is 0.421 e. The van der Waals surface area contributed by atoms with Crippen LogP contribution in [0.5, 0.6) is 0 Å². The molecule has 0 unspecified atom stereocenters. The van der Waals surface area contributed by atoms with Gasteiger partial charge in [-0.15, -0.1) is 0 Å². The smallest absolute Gasteiger partial charge is 0.408 e. The van der Waals surface area contributed by atoms with Crippen LogP contribution in [0.2, 0.25) is 0 Å². The lowest BCUT2D eigenvalue weighted by Gasteiger charge is -2.18. The molecule has 9 heteroatoms. The highest BCUT2D eigenvalue weighted by molar-refractivity contribution is 7.91. The van der Waals surface area contributed by atoms with Crippen LogP contribution in [-0.2, 0) is 23.1 Å². The van der Waals surface area contributed by atoms with Crippen LogP contribution in [-0.4, -0.2) is 46.2 Å². The molecule has 8 nitrogen and oxygen atoms in total. The maximum atomic E-state index is 12.2. The monoisotopic (exact) mass is 404 g/mol. The zero-order chi connectivity index (χ0) is 20.1. The van der Waals surface area contributed by atoms with Gasteiger partial charge in [0.15, 0.2) is 15.4 Å². The van der Waals surface area contributed by atoms with Crippen molar-refractivity contribution in [2.75, 3.05) is 18.6 Å². The number of rotatable bonds is 5. The summed E-state index contributed by atoms with van der Waals surface area (Å²) in [5, 5.41) is 4.61. The number of para-hydroxylation sites is 2. The van der Waals surface area contributed by atoms with Crippen molar-refractivity contribution in [2.45, 2.75) is 39.5 Å². The second-order valence-corrected chi connectivity index (χ2v) is 9.80. The molecular formula is C19H24N4O4S. The predicted molar refractivity (Wildman–Crippen MR) is 106 cm³/mol. The summed E-state index contributed by atoms with van der Waals surface area (Å²) in [4.78, 5) is 14.2. The van der Waals surface area contributed by atoms with Crippen molar-refractivity contribution in [2.24, 2.45) is 0 Å². The molecule has 3 aromatic rings. The molecule has 1 fully saturated rings. The minimum absolute atomic E-state index is 0.0943. The highest BCUT2D eigenvalue weighted by atomic mass is 32.2. The van der Waals surface area contributed by atoms with E-state index in [4.69, 9.17) is 4.42 Å². The number of benzene rings is 1. The standard InChI is InChI=1S/C19H24N4O4S/c1-13-16(14(2)23(20-13)15-8-9-28(25,26)11-15)10-21(3)12-22-17-6-4-5-7-18(17)27-19(22)24/h4-7,15H,8-12H2,1-3H3/t15-/m0/s1. The molecule has 4 rings (SSSR count). The summed E-state index contributed by atoms with van der Waals surface area (Å²) in [6, 6.07) is 7.26. The molecule has 0 saturated carbocycles. The molecule has 28 heavy (non-hydrogen) atoms. The van der Waals surface area contributed by atoms with Crippen LogP contribution < -0.4 is 5.76 Å². The number of hydrogen-bond acceptors (Lipinski definition) is 6. The first-order valence-corrected chi connectivity index (χ1v) is 11.1. The summed E-state index contributed by atoms with van der Waals surface area (Å²) in [6.07, 6.45) is 0.607. The lowest BCUT2D eigenvalue weighted by Crippen LogP contribution is -2.27. The fourth-order valence-corrected chi connectivity index (χ4v) is 5.65. The van der Waals surface area contributed by atoms with Crippen molar-refractivity contribution >= 4 is 20.9 Å². The fraction of sp³-hybridized carbons (Fsp3) is 0.474. The zero-order valence-electron chi connectivity index (χ0n) is 16.3. The molecule has 1 aliphatic heterocycles. The number of oxazole rings is 1. The Balaban J connectivity index is 1.56. The predicted octanol–water partition coefficient (Wildman–Crippen LogP) is 1.86. The van der Waals surface area contributed by atoms with E-state index in [1.807, 2.05) is 48.7 Å². The van der Waals surface area contributed by atoms with Crippen LogP contribution in [0.3, 0.4) is 0 Å². The molecule has 2 aromatic heterocycles. The molecule has 0 bridgehead atoms. The topological polar surface area (TPSA) is 90.3 Å². The van der Waals surface area contributed by atoms with E-state index in [-0.39, 0.29) is 23.3 Å². The van der Waals surface area contributed by atoms with Gasteiger partial charge in [-0.3, -0.25) is 14.1 Å². The van der Waals surface area contributed by atoms with Crippen LogP contribution in [0.4, 0.5) is 0 Å². The average molecular weight is 404 g/mol. The molecular weight excluding hydrogens is 380 g/mol. The van der Waals surface area contributed by atoms with Crippen molar-refractivity contribution in [3.8, 4) is 0 Å². The first-order chi connectivity index (χ1) is 13.2. The van der Waals surface area contributed by atoms with Gasteiger partial charge in [-0.25, -0.2) is 13.2 Å².